The molecule has 0 fully saturated rings. The standard InChI is InChI=1S/C23H29NO6/c1-6-18(17-9-7-15(2)8-10-17)24-21(25)14-30-22(26)13-16-11-19(27-3)23(29-5)20(12-16)28-4/h7-12,18H,6,13-14H2,1-5H3,(H,24,25)/t18-/m1/s1. The Balaban J connectivity index is 1.93. The van der Waals surface area contributed by atoms with Crippen LogP contribution in [-0.2, 0) is 20.7 Å². The smallest absolute Gasteiger partial charge is 0.310 e. The van der Waals surface area contributed by atoms with Crippen molar-refractivity contribution in [3.05, 3.63) is 53.1 Å². The van der Waals surface area contributed by atoms with E-state index in [1.54, 1.807) is 12.1 Å². The first-order valence-electron chi connectivity index (χ1n) is 9.72. The predicted molar refractivity (Wildman–Crippen MR) is 113 cm³/mol. The highest BCUT2D eigenvalue weighted by Gasteiger charge is 2.17. The van der Waals surface area contributed by atoms with Gasteiger partial charge in [0.25, 0.3) is 5.91 Å². The number of ether oxygens (including phenoxy) is 4. The zero-order valence-corrected chi connectivity index (χ0v) is 18.1. The summed E-state index contributed by atoms with van der Waals surface area (Å²) in [5.41, 5.74) is 2.79. The predicted octanol–water partition coefficient (Wildman–Crippen LogP) is 3.37. The van der Waals surface area contributed by atoms with Gasteiger partial charge in [-0.1, -0.05) is 36.8 Å². The summed E-state index contributed by atoms with van der Waals surface area (Å²) in [7, 11) is 4.51. The molecular formula is C23H29NO6. The first-order chi connectivity index (χ1) is 14.4. The summed E-state index contributed by atoms with van der Waals surface area (Å²) >= 11 is 0. The van der Waals surface area contributed by atoms with Gasteiger partial charge in [-0.15, -0.1) is 0 Å². The second-order valence-electron chi connectivity index (χ2n) is 6.81. The molecule has 0 saturated carbocycles. The van der Waals surface area contributed by atoms with Crippen molar-refractivity contribution >= 4 is 11.9 Å². The first-order valence-corrected chi connectivity index (χ1v) is 9.72. The van der Waals surface area contributed by atoms with Crippen LogP contribution in [0.4, 0.5) is 0 Å². The summed E-state index contributed by atoms with van der Waals surface area (Å²) in [6.45, 7) is 3.66. The van der Waals surface area contributed by atoms with E-state index in [0.717, 1.165) is 17.5 Å². The maximum Gasteiger partial charge on any atom is 0.310 e. The zero-order chi connectivity index (χ0) is 22.1. The van der Waals surface area contributed by atoms with Crippen molar-refractivity contribution in [1.29, 1.82) is 0 Å². The number of aryl methyl sites for hydroxylation is 1. The van der Waals surface area contributed by atoms with Gasteiger partial charge in [-0.05, 0) is 36.6 Å². The van der Waals surface area contributed by atoms with Crippen LogP contribution in [-0.4, -0.2) is 39.8 Å². The minimum Gasteiger partial charge on any atom is -0.493 e. The van der Waals surface area contributed by atoms with E-state index < -0.39 is 5.97 Å². The molecule has 162 valence electrons. The van der Waals surface area contributed by atoms with Gasteiger partial charge in [-0.25, -0.2) is 0 Å². The Labute approximate surface area is 177 Å². The topological polar surface area (TPSA) is 83.1 Å². The number of methoxy groups -OCH3 is 3. The van der Waals surface area contributed by atoms with Crippen molar-refractivity contribution in [3.63, 3.8) is 0 Å². The lowest BCUT2D eigenvalue weighted by Gasteiger charge is -2.18. The lowest BCUT2D eigenvalue weighted by molar-refractivity contribution is -0.148. The van der Waals surface area contributed by atoms with E-state index in [1.165, 1.54) is 21.3 Å². The number of carbonyl (C=O) groups is 2. The Kier molecular flexibility index (Phi) is 8.53. The van der Waals surface area contributed by atoms with Crippen LogP contribution >= 0.6 is 0 Å². The highest BCUT2D eigenvalue weighted by molar-refractivity contribution is 5.81. The van der Waals surface area contributed by atoms with Crippen LogP contribution in [0.25, 0.3) is 0 Å². The summed E-state index contributed by atoms with van der Waals surface area (Å²) in [5, 5.41) is 2.90. The number of carbonyl (C=O) groups excluding carboxylic acids is 2. The Morgan fingerprint density at radius 1 is 0.967 bits per heavy atom. The van der Waals surface area contributed by atoms with Crippen LogP contribution in [0.5, 0.6) is 17.2 Å². The third-order valence-electron chi connectivity index (χ3n) is 4.66. The van der Waals surface area contributed by atoms with Crippen molar-refractivity contribution in [3.8, 4) is 17.2 Å². The monoisotopic (exact) mass is 415 g/mol. The van der Waals surface area contributed by atoms with Gasteiger partial charge in [0.2, 0.25) is 5.75 Å². The molecule has 0 bridgehead atoms. The number of hydrogen-bond donors (Lipinski definition) is 1. The van der Waals surface area contributed by atoms with E-state index in [0.29, 0.717) is 22.8 Å². The molecule has 0 heterocycles. The minimum atomic E-state index is -0.525. The molecule has 2 aromatic carbocycles. The number of benzene rings is 2. The molecule has 1 atom stereocenters. The molecule has 1 amide bonds. The molecule has 0 saturated heterocycles. The Bertz CT molecular complexity index is 837. The number of nitrogens with one attached hydrogen (secondary N) is 1. The van der Waals surface area contributed by atoms with Crippen LogP contribution in [0.15, 0.2) is 36.4 Å². The van der Waals surface area contributed by atoms with Crippen LogP contribution in [0.2, 0.25) is 0 Å². The Morgan fingerprint density at radius 2 is 1.57 bits per heavy atom. The molecule has 0 aliphatic rings. The molecule has 0 aromatic heterocycles. The highest BCUT2D eigenvalue weighted by atomic mass is 16.5. The summed E-state index contributed by atoms with van der Waals surface area (Å²) in [6.07, 6.45) is 0.702. The molecule has 30 heavy (non-hydrogen) atoms. The molecule has 0 aliphatic carbocycles. The van der Waals surface area contributed by atoms with Crippen molar-refractivity contribution in [2.75, 3.05) is 27.9 Å². The van der Waals surface area contributed by atoms with E-state index in [2.05, 4.69) is 5.32 Å². The van der Waals surface area contributed by atoms with Gasteiger partial charge in [0.15, 0.2) is 18.1 Å². The molecular weight excluding hydrogens is 386 g/mol. The van der Waals surface area contributed by atoms with Gasteiger partial charge in [-0.2, -0.15) is 0 Å². The van der Waals surface area contributed by atoms with E-state index in [9.17, 15) is 9.59 Å². The molecule has 0 spiro atoms. The lowest BCUT2D eigenvalue weighted by Crippen LogP contribution is -2.32. The summed E-state index contributed by atoms with van der Waals surface area (Å²) < 4.78 is 21.0. The fourth-order valence-electron chi connectivity index (χ4n) is 3.06. The first kappa shape index (κ1) is 23.1. The number of rotatable bonds is 10. The number of esters is 1. The van der Waals surface area contributed by atoms with E-state index in [4.69, 9.17) is 18.9 Å². The van der Waals surface area contributed by atoms with Crippen molar-refractivity contribution in [1.82, 2.24) is 5.32 Å². The van der Waals surface area contributed by atoms with Crippen molar-refractivity contribution in [2.45, 2.75) is 32.7 Å². The van der Waals surface area contributed by atoms with Gasteiger partial charge in [0, 0.05) is 0 Å². The van der Waals surface area contributed by atoms with Crippen LogP contribution in [0, 0.1) is 6.92 Å². The summed E-state index contributed by atoms with van der Waals surface area (Å²) in [5.74, 6) is 0.462. The second kappa shape index (κ2) is 11.1. The quantitative estimate of drug-likeness (QED) is 0.599. The highest BCUT2D eigenvalue weighted by Crippen LogP contribution is 2.38. The van der Waals surface area contributed by atoms with Crippen LogP contribution < -0.4 is 19.5 Å². The molecule has 7 heteroatoms. The zero-order valence-electron chi connectivity index (χ0n) is 18.1. The molecule has 0 unspecified atom stereocenters. The number of hydrogen-bond acceptors (Lipinski definition) is 6. The van der Waals surface area contributed by atoms with Gasteiger partial charge in [0.1, 0.15) is 0 Å². The van der Waals surface area contributed by atoms with E-state index in [1.807, 2.05) is 38.1 Å². The Morgan fingerprint density at radius 3 is 2.07 bits per heavy atom. The Hall–Kier alpha value is -3.22. The fraction of sp³-hybridized carbons (Fsp3) is 0.391. The third kappa shape index (κ3) is 6.14. The van der Waals surface area contributed by atoms with Gasteiger partial charge in [0.05, 0.1) is 33.8 Å². The maximum atomic E-state index is 12.2. The summed E-state index contributed by atoms with van der Waals surface area (Å²) in [4.78, 5) is 24.5. The van der Waals surface area contributed by atoms with Crippen LogP contribution in [0.3, 0.4) is 0 Å². The average Bonchev–Trinajstić information content (AvgIpc) is 2.75. The molecule has 0 aliphatic heterocycles. The normalized spacial score (nSPS) is 11.4. The molecule has 2 rings (SSSR count). The molecule has 1 N–H and O–H groups in total. The van der Waals surface area contributed by atoms with E-state index in [-0.39, 0.29) is 25.0 Å². The van der Waals surface area contributed by atoms with Crippen molar-refractivity contribution < 1.29 is 28.5 Å². The summed E-state index contributed by atoms with van der Waals surface area (Å²) in [6, 6.07) is 11.2. The van der Waals surface area contributed by atoms with Gasteiger partial charge < -0.3 is 24.3 Å². The number of amides is 1. The molecule has 2 aromatic rings. The molecule has 7 nitrogen and oxygen atoms in total. The van der Waals surface area contributed by atoms with E-state index >= 15 is 0 Å². The third-order valence-corrected chi connectivity index (χ3v) is 4.66. The van der Waals surface area contributed by atoms with Gasteiger partial charge >= 0.3 is 5.97 Å². The van der Waals surface area contributed by atoms with Gasteiger partial charge in [-0.3, -0.25) is 9.59 Å². The average molecular weight is 415 g/mol. The maximum absolute atomic E-state index is 12.2. The molecule has 0 radical (unpaired) electrons. The lowest BCUT2D eigenvalue weighted by atomic mass is 10.0. The minimum absolute atomic E-state index is 0.0286. The second-order valence-corrected chi connectivity index (χ2v) is 6.81. The fourth-order valence-corrected chi connectivity index (χ4v) is 3.06. The largest absolute Gasteiger partial charge is 0.493 e. The van der Waals surface area contributed by atoms with Crippen LogP contribution in [0.1, 0.15) is 36.1 Å². The van der Waals surface area contributed by atoms with Crippen molar-refractivity contribution in [2.24, 2.45) is 0 Å². The SMILES string of the molecule is CC[C@@H](NC(=O)COC(=O)Cc1cc(OC)c(OC)c(OC)c1)c1ccc(C)cc1.